The Hall–Kier alpha value is -0.370. The van der Waals surface area contributed by atoms with E-state index < -0.39 is 0 Å². The summed E-state index contributed by atoms with van der Waals surface area (Å²) in [5.74, 6) is 0.745. The van der Waals surface area contributed by atoms with Gasteiger partial charge in [0.05, 0.1) is 0 Å². The molecular weight excluding hydrogens is 174 g/mol. The van der Waals surface area contributed by atoms with Crippen molar-refractivity contribution in [2.24, 2.45) is 5.92 Å². The number of hydrogen-bond acceptors (Lipinski definition) is 2. The highest BCUT2D eigenvalue weighted by Gasteiger charge is 2.12. The minimum absolute atomic E-state index is 0.300. The van der Waals surface area contributed by atoms with Gasteiger partial charge in [-0.05, 0) is 25.8 Å². The fraction of sp³-hybridized carbons (Fsp3) is 0.917. The monoisotopic (exact) mass is 199 g/mol. The molecule has 0 heterocycles. The lowest BCUT2D eigenvalue weighted by molar-refractivity contribution is -0.123. The molecule has 0 saturated heterocycles. The van der Waals surface area contributed by atoms with Gasteiger partial charge in [-0.25, -0.2) is 0 Å². The fourth-order valence-electron chi connectivity index (χ4n) is 1.60. The van der Waals surface area contributed by atoms with Crippen molar-refractivity contribution in [3.63, 3.8) is 0 Å². The van der Waals surface area contributed by atoms with Crippen LogP contribution in [0.5, 0.6) is 0 Å². The van der Waals surface area contributed by atoms with E-state index in [1.807, 2.05) is 0 Å². The maximum atomic E-state index is 11.6. The Balaban J connectivity index is 3.52. The second kappa shape index (κ2) is 7.98. The number of ketones is 1. The number of carbonyl (C=O) groups is 1. The van der Waals surface area contributed by atoms with Crippen LogP contribution < -0.4 is 5.32 Å². The third-order valence-corrected chi connectivity index (χ3v) is 2.59. The number of rotatable bonds is 8. The lowest BCUT2D eigenvalue weighted by Crippen LogP contribution is -2.24. The number of Topliss-reactive ketones (excluding diaryl/α,β-unsaturated/α-hetero) is 1. The van der Waals surface area contributed by atoms with E-state index in [-0.39, 0.29) is 0 Å². The van der Waals surface area contributed by atoms with E-state index in [9.17, 15) is 4.79 Å². The fourth-order valence-corrected chi connectivity index (χ4v) is 1.60. The van der Waals surface area contributed by atoms with Crippen LogP contribution in [0.25, 0.3) is 0 Å². The molecule has 0 saturated carbocycles. The average molecular weight is 199 g/mol. The van der Waals surface area contributed by atoms with Gasteiger partial charge < -0.3 is 5.32 Å². The van der Waals surface area contributed by atoms with Gasteiger partial charge in [0.15, 0.2) is 0 Å². The molecule has 0 atom stereocenters. The van der Waals surface area contributed by atoms with Crippen LogP contribution in [0.4, 0.5) is 0 Å². The van der Waals surface area contributed by atoms with Gasteiger partial charge >= 0.3 is 0 Å². The number of hydrogen-bond donors (Lipinski definition) is 1. The zero-order valence-corrected chi connectivity index (χ0v) is 10.1. The molecule has 0 aromatic carbocycles. The average Bonchev–Trinajstić information content (AvgIpc) is 2.14. The first kappa shape index (κ1) is 13.6. The van der Waals surface area contributed by atoms with E-state index in [0.29, 0.717) is 17.7 Å². The van der Waals surface area contributed by atoms with E-state index in [4.69, 9.17) is 0 Å². The third kappa shape index (κ3) is 6.14. The Morgan fingerprint density at radius 3 is 2.21 bits per heavy atom. The third-order valence-electron chi connectivity index (χ3n) is 2.59. The summed E-state index contributed by atoms with van der Waals surface area (Å²) in [6.07, 6.45) is 3.71. The van der Waals surface area contributed by atoms with Gasteiger partial charge in [0.2, 0.25) is 0 Å². The van der Waals surface area contributed by atoms with Crippen molar-refractivity contribution in [3.05, 3.63) is 0 Å². The summed E-state index contributed by atoms with van der Waals surface area (Å²) >= 11 is 0. The highest BCUT2D eigenvalue weighted by molar-refractivity contribution is 5.80. The van der Waals surface area contributed by atoms with Crippen molar-refractivity contribution in [2.75, 3.05) is 6.54 Å². The van der Waals surface area contributed by atoms with Gasteiger partial charge in [0, 0.05) is 18.4 Å². The molecule has 0 aromatic rings. The molecule has 0 radical (unpaired) electrons. The van der Waals surface area contributed by atoms with E-state index in [2.05, 4.69) is 33.0 Å². The lowest BCUT2D eigenvalue weighted by Gasteiger charge is -2.11. The van der Waals surface area contributed by atoms with E-state index in [1.54, 1.807) is 0 Å². The summed E-state index contributed by atoms with van der Waals surface area (Å²) in [4.78, 5) is 11.6. The van der Waals surface area contributed by atoms with Gasteiger partial charge in [0.1, 0.15) is 5.78 Å². The van der Waals surface area contributed by atoms with E-state index in [1.165, 1.54) is 0 Å². The second-order valence-electron chi connectivity index (χ2n) is 4.19. The summed E-state index contributed by atoms with van der Waals surface area (Å²) in [6.45, 7) is 9.41. The molecule has 2 heteroatoms. The molecule has 0 spiro atoms. The smallest absolute Gasteiger partial charge is 0.136 e. The maximum Gasteiger partial charge on any atom is 0.136 e. The Kier molecular flexibility index (Phi) is 7.77. The van der Waals surface area contributed by atoms with Crippen LogP contribution in [0.1, 0.15) is 53.4 Å². The van der Waals surface area contributed by atoms with Crippen LogP contribution in [-0.2, 0) is 4.79 Å². The number of carbonyl (C=O) groups excluding carboxylic acids is 1. The Bertz CT molecular complexity index is 150. The molecule has 2 nitrogen and oxygen atoms in total. The predicted octanol–water partition coefficient (Wildman–Crippen LogP) is 2.77. The Morgan fingerprint density at radius 1 is 1.21 bits per heavy atom. The van der Waals surface area contributed by atoms with Gasteiger partial charge in [-0.15, -0.1) is 0 Å². The first-order valence-electron chi connectivity index (χ1n) is 5.87. The summed E-state index contributed by atoms with van der Waals surface area (Å²) < 4.78 is 0. The number of nitrogens with one attached hydrogen (secondary N) is 1. The zero-order chi connectivity index (χ0) is 11.0. The molecule has 1 N–H and O–H groups in total. The van der Waals surface area contributed by atoms with Gasteiger partial charge in [0.25, 0.3) is 0 Å². The zero-order valence-electron chi connectivity index (χ0n) is 10.1. The summed E-state index contributed by atoms with van der Waals surface area (Å²) in [7, 11) is 0. The molecule has 84 valence electrons. The SMILES string of the molecule is CCC(CC)C(=O)CCCNC(C)C. The molecule has 0 aliphatic rings. The van der Waals surface area contributed by atoms with Gasteiger partial charge in [-0.2, -0.15) is 0 Å². The van der Waals surface area contributed by atoms with Crippen molar-refractivity contribution < 1.29 is 4.79 Å². The highest BCUT2D eigenvalue weighted by atomic mass is 16.1. The van der Waals surface area contributed by atoms with E-state index >= 15 is 0 Å². The molecular formula is C12H25NO. The molecule has 0 aromatic heterocycles. The molecule has 0 rings (SSSR count). The molecule has 0 fully saturated rings. The molecule has 14 heavy (non-hydrogen) atoms. The summed E-state index contributed by atoms with van der Waals surface area (Å²) in [6, 6.07) is 0.526. The molecule has 0 aliphatic carbocycles. The standard InChI is InChI=1S/C12H25NO/c1-5-11(6-2)12(14)8-7-9-13-10(3)4/h10-11,13H,5-9H2,1-4H3. The van der Waals surface area contributed by atoms with Crippen LogP contribution in [0.15, 0.2) is 0 Å². The van der Waals surface area contributed by atoms with Crippen LogP contribution in [-0.4, -0.2) is 18.4 Å². The first-order valence-corrected chi connectivity index (χ1v) is 5.87. The molecule has 0 aliphatic heterocycles. The Morgan fingerprint density at radius 2 is 1.79 bits per heavy atom. The van der Waals surface area contributed by atoms with E-state index in [0.717, 1.165) is 32.2 Å². The van der Waals surface area contributed by atoms with Crippen molar-refractivity contribution in [1.82, 2.24) is 5.32 Å². The van der Waals surface area contributed by atoms with Crippen LogP contribution >= 0.6 is 0 Å². The van der Waals surface area contributed by atoms with Crippen molar-refractivity contribution in [2.45, 2.75) is 59.4 Å². The summed E-state index contributed by atoms with van der Waals surface area (Å²) in [5.41, 5.74) is 0. The normalized spacial score (nSPS) is 11.3. The molecule has 0 unspecified atom stereocenters. The summed E-state index contributed by atoms with van der Waals surface area (Å²) in [5, 5.41) is 3.32. The topological polar surface area (TPSA) is 29.1 Å². The van der Waals surface area contributed by atoms with Crippen molar-refractivity contribution >= 4 is 5.78 Å². The lowest BCUT2D eigenvalue weighted by atomic mass is 9.95. The maximum absolute atomic E-state index is 11.6. The quantitative estimate of drug-likeness (QED) is 0.609. The van der Waals surface area contributed by atoms with Crippen LogP contribution in [0.2, 0.25) is 0 Å². The largest absolute Gasteiger partial charge is 0.315 e. The molecule has 0 bridgehead atoms. The molecule has 0 amide bonds. The first-order chi connectivity index (χ1) is 6.61. The predicted molar refractivity (Wildman–Crippen MR) is 61.5 cm³/mol. The van der Waals surface area contributed by atoms with Gasteiger partial charge in [-0.3, -0.25) is 4.79 Å². The van der Waals surface area contributed by atoms with Crippen molar-refractivity contribution in [3.8, 4) is 0 Å². The minimum Gasteiger partial charge on any atom is -0.315 e. The highest BCUT2D eigenvalue weighted by Crippen LogP contribution is 2.11. The van der Waals surface area contributed by atoms with Crippen LogP contribution in [0, 0.1) is 5.92 Å². The minimum atomic E-state index is 0.300. The van der Waals surface area contributed by atoms with Crippen molar-refractivity contribution in [1.29, 1.82) is 0 Å². The Labute approximate surface area is 88.5 Å². The van der Waals surface area contributed by atoms with Gasteiger partial charge in [-0.1, -0.05) is 27.7 Å². The van der Waals surface area contributed by atoms with Crippen LogP contribution in [0.3, 0.4) is 0 Å². The second-order valence-corrected chi connectivity index (χ2v) is 4.19.